The maximum absolute atomic E-state index is 9.10. The molecule has 2 atom stereocenters. The Morgan fingerprint density at radius 3 is 2.50 bits per heavy atom. The van der Waals surface area contributed by atoms with Gasteiger partial charge in [0.05, 0.1) is 0 Å². The van der Waals surface area contributed by atoms with E-state index in [1.165, 1.54) is 6.42 Å². The normalized spacial score (nSPS) is 21.1. The number of halogens is 1. The molecule has 4 rings (SSSR count). The van der Waals surface area contributed by atoms with Crippen LogP contribution in [0.5, 0.6) is 0 Å². The molecule has 26 heavy (non-hydrogen) atoms. The molecule has 0 amide bonds. The third-order valence-corrected chi connectivity index (χ3v) is 4.69. The number of carboxylic acids is 2. The van der Waals surface area contributed by atoms with Gasteiger partial charge in [0, 0.05) is 34.3 Å². The van der Waals surface area contributed by atoms with E-state index in [0.29, 0.717) is 12.1 Å². The molecule has 136 valence electrons. The van der Waals surface area contributed by atoms with Crippen LogP contribution >= 0.6 is 11.6 Å². The fraction of sp³-hybridized carbons (Fsp3) is 0.278. The van der Waals surface area contributed by atoms with E-state index >= 15 is 0 Å². The number of aliphatic carboxylic acids is 2. The Balaban J connectivity index is 0.000000286. The molecule has 1 aromatic heterocycles. The molecule has 1 saturated heterocycles. The van der Waals surface area contributed by atoms with Gasteiger partial charge in [-0.2, -0.15) is 0 Å². The van der Waals surface area contributed by atoms with E-state index in [2.05, 4.69) is 10.5 Å². The molecule has 2 aliphatic rings. The zero-order chi connectivity index (χ0) is 18.7. The van der Waals surface area contributed by atoms with E-state index < -0.39 is 11.9 Å². The Morgan fingerprint density at radius 1 is 1.15 bits per heavy atom. The van der Waals surface area contributed by atoms with Gasteiger partial charge < -0.3 is 20.1 Å². The number of carboxylic acid groups (broad SMARTS) is 2. The fourth-order valence-corrected chi connectivity index (χ4v) is 3.60. The molecule has 1 aromatic carbocycles. The predicted molar refractivity (Wildman–Crippen MR) is 94.5 cm³/mol. The highest BCUT2D eigenvalue weighted by atomic mass is 35.5. The summed E-state index contributed by atoms with van der Waals surface area (Å²) in [5.74, 6) is -2.86. The zero-order valence-corrected chi connectivity index (χ0v) is 14.4. The minimum Gasteiger partial charge on any atom is -0.473 e. The molecule has 7 nitrogen and oxygen atoms in total. The van der Waals surface area contributed by atoms with Crippen molar-refractivity contribution < 1.29 is 24.3 Å². The maximum Gasteiger partial charge on any atom is 0.414 e. The number of fused-ring (bicyclic) bond motifs is 2. The van der Waals surface area contributed by atoms with Crippen molar-refractivity contribution in [3.05, 3.63) is 47.1 Å². The first-order valence-corrected chi connectivity index (χ1v) is 8.47. The summed E-state index contributed by atoms with van der Waals surface area (Å²) in [6.07, 6.45) is 3.22. The molecular formula is C18H17ClN2O5. The first kappa shape index (κ1) is 18.2. The number of benzene rings is 1. The quantitative estimate of drug-likeness (QED) is 0.690. The van der Waals surface area contributed by atoms with Crippen molar-refractivity contribution in [2.45, 2.75) is 31.3 Å². The molecule has 3 N–H and O–H groups in total. The molecule has 2 aromatic rings. The van der Waals surface area contributed by atoms with Gasteiger partial charge in [-0.25, -0.2) is 9.59 Å². The lowest BCUT2D eigenvalue weighted by Crippen LogP contribution is -2.34. The molecule has 2 bridgehead atoms. The van der Waals surface area contributed by atoms with Gasteiger partial charge in [-0.15, -0.1) is 0 Å². The SMILES string of the molecule is ClC1=C(c2cc(-c3ccccc3)on2)C2CCC(C1)N2.O=C(O)C(=O)O. The Morgan fingerprint density at radius 2 is 1.85 bits per heavy atom. The van der Waals surface area contributed by atoms with Crippen LogP contribution in [0.3, 0.4) is 0 Å². The molecule has 0 aliphatic carbocycles. The molecule has 0 saturated carbocycles. The number of carbonyl (C=O) groups is 2. The van der Waals surface area contributed by atoms with Crippen LogP contribution in [0.15, 0.2) is 46.0 Å². The van der Waals surface area contributed by atoms with Crippen LogP contribution in [0.2, 0.25) is 0 Å². The van der Waals surface area contributed by atoms with Crippen LogP contribution in [-0.4, -0.2) is 39.4 Å². The third-order valence-electron chi connectivity index (χ3n) is 4.33. The first-order chi connectivity index (χ1) is 12.5. The number of nitrogens with zero attached hydrogens (tertiary/aromatic N) is 1. The largest absolute Gasteiger partial charge is 0.473 e. The van der Waals surface area contributed by atoms with Crippen molar-refractivity contribution in [2.24, 2.45) is 0 Å². The summed E-state index contributed by atoms with van der Waals surface area (Å²) in [5.41, 5.74) is 3.02. The predicted octanol–water partition coefficient (Wildman–Crippen LogP) is 2.97. The van der Waals surface area contributed by atoms with Gasteiger partial charge in [-0.05, 0) is 19.3 Å². The Labute approximate surface area is 154 Å². The Hall–Kier alpha value is -2.64. The van der Waals surface area contributed by atoms with Crippen LogP contribution in [0, 0.1) is 0 Å². The summed E-state index contributed by atoms with van der Waals surface area (Å²) in [6, 6.07) is 12.9. The van der Waals surface area contributed by atoms with Crippen LogP contribution in [0.4, 0.5) is 0 Å². The molecule has 3 heterocycles. The third kappa shape index (κ3) is 3.95. The lowest BCUT2D eigenvalue weighted by atomic mass is 9.99. The topological polar surface area (TPSA) is 113 Å². The zero-order valence-electron chi connectivity index (χ0n) is 13.7. The Kier molecular flexibility index (Phi) is 5.39. The summed E-state index contributed by atoms with van der Waals surface area (Å²) < 4.78 is 5.49. The van der Waals surface area contributed by atoms with E-state index in [-0.39, 0.29) is 0 Å². The van der Waals surface area contributed by atoms with Gasteiger partial charge in [0.1, 0.15) is 5.69 Å². The smallest absolute Gasteiger partial charge is 0.414 e. The minimum absolute atomic E-state index is 0.329. The fourth-order valence-electron chi connectivity index (χ4n) is 3.18. The van der Waals surface area contributed by atoms with Gasteiger partial charge in [0.2, 0.25) is 0 Å². The van der Waals surface area contributed by atoms with Gasteiger partial charge >= 0.3 is 11.9 Å². The minimum atomic E-state index is -1.82. The van der Waals surface area contributed by atoms with Gasteiger partial charge in [-0.1, -0.05) is 47.1 Å². The van der Waals surface area contributed by atoms with Crippen molar-refractivity contribution in [1.29, 1.82) is 0 Å². The van der Waals surface area contributed by atoms with Crippen LogP contribution in [-0.2, 0) is 9.59 Å². The van der Waals surface area contributed by atoms with Crippen LogP contribution in [0.25, 0.3) is 16.9 Å². The summed E-state index contributed by atoms with van der Waals surface area (Å²) in [4.78, 5) is 18.2. The van der Waals surface area contributed by atoms with Crippen molar-refractivity contribution in [1.82, 2.24) is 10.5 Å². The molecule has 2 unspecified atom stereocenters. The van der Waals surface area contributed by atoms with E-state index in [0.717, 1.165) is 40.5 Å². The van der Waals surface area contributed by atoms with Crippen molar-refractivity contribution in [2.75, 3.05) is 0 Å². The summed E-state index contributed by atoms with van der Waals surface area (Å²) in [6.45, 7) is 0. The summed E-state index contributed by atoms with van der Waals surface area (Å²) in [5, 5.41) is 23.5. The maximum atomic E-state index is 9.10. The van der Waals surface area contributed by atoms with Crippen molar-refractivity contribution in [3.63, 3.8) is 0 Å². The van der Waals surface area contributed by atoms with Crippen LogP contribution < -0.4 is 5.32 Å². The average Bonchev–Trinajstić information content (AvgIpc) is 3.24. The van der Waals surface area contributed by atoms with E-state index in [1.54, 1.807) is 0 Å². The molecule has 0 spiro atoms. The first-order valence-electron chi connectivity index (χ1n) is 8.09. The van der Waals surface area contributed by atoms with Gasteiger partial charge in [-0.3, -0.25) is 0 Å². The highest BCUT2D eigenvalue weighted by molar-refractivity contribution is 6.33. The second-order valence-electron chi connectivity index (χ2n) is 6.07. The van der Waals surface area contributed by atoms with Gasteiger partial charge in [0.15, 0.2) is 5.76 Å². The number of nitrogens with one attached hydrogen (secondary N) is 1. The lowest BCUT2D eigenvalue weighted by Gasteiger charge is -2.23. The van der Waals surface area contributed by atoms with E-state index in [4.69, 9.17) is 35.9 Å². The van der Waals surface area contributed by atoms with Crippen molar-refractivity contribution in [3.8, 4) is 11.3 Å². The van der Waals surface area contributed by atoms with E-state index in [9.17, 15) is 0 Å². The standard InChI is InChI=1S/C16H15ClN2O.C2H2O4/c17-12-8-11-6-7-13(18-11)16(12)14-9-15(20-19-14)10-4-2-1-3-5-10;3-1(4)2(5)6/h1-5,9,11,13,18H,6-8H2;(H,3,4)(H,5,6). The molecule has 1 fully saturated rings. The average molecular weight is 377 g/mol. The molecular weight excluding hydrogens is 360 g/mol. The van der Waals surface area contributed by atoms with Gasteiger partial charge in [0.25, 0.3) is 0 Å². The molecule has 0 radical (unpaired) electrons. The number of rotatable bonds is 2. The monoisotopic (exact) mass is 376 g/mol. The summed E-state index contributed by atoms with van der Waals surface area (Å²) >= 11 is 6.46. The Bertz CT molecular complexity index is 834. The van der Waals surface area contributed by atoms with Crippen molar-refractivity contribution >= 4 is 29.1 Å². The second kappa shape index (κ2) is 7.72. The molecule has 8 heteroatoms. The number of aromatic nitrogens is 1. The van der Waals surface area contributed by atoms with Crippen LogP contribution in [0.1, 0.15) is 25.0 Å². The highest BCUT2D eigenvalue weighted by Gasteiger charge is 2.35. The molecule has 2 aliphatic heterocycles. The summed E-state index contributed by atoms with van der Waals surface area (Å²) in [7, 11) is 0. The second-order valence-corrected chi connectivity index (χ2v) is 6.53. The number of hydrogen-bond donors (Lipinski definition) is 3. The lowest BCUT2D eigenvalue weighted by molar-refractivity contribution is -0.159. The van der Waals surface area contributed by atoms with E-state index in [1.807, 2.05) is 36.4 Å². The number of hydrogen-bond acceptors (Lipinski definition) is 5. The highest BCUT2D eigenvalue weighted by Crippen LogP contribution is 2.39.